The van der Waals surface area contributed by atoms with Crippen LogP contribution in [0.1, 0.15) is 38.8 Å². The fourth-order valence-corrected chi connectivity index (χ4v) is 4.37. The third kappa shape index (κ3) is 5.83. The second-order valence-electron chi connectivity index (χ2n) is 9.34. The lowest BCUT2D eigenvalue weighted by atomic mass is 9.87. The number of benzene rings is 3. The van der Waals surface area contributed by atoms with E-state index in [1.807, 2.05) is 34.9 Å². The first-order valence-electron chi connectivity index (χ1n) is 11.6. The van der Waals surface area contributed by atoms with E-state index in [1.165, 1.54) is 17.3 Å². The van der Waals surface area contributed by atoms with Gasteiger partial charge in [-0.25, -0.2) is 5.43 Å². The topological polar surface area (TPSA) is 92.4 Å². The van der Waals surface area contributed by atoms with Crippen molar-refractivity contribution in [2.24, 2.45) is 5.10 Å². The lowest BCUT2D eigenvalue weighted by Gasteiger charge is -2.19. The first-order valence-corrected chi connectivity index (χ1v) is 12.6. The number of aromatic hydroxyl groups is 1. The molecule has 0 aliphatic carbocycles. The molecule has 184 valence electrons. The average Bonchev–Trinajstić information content (AvgIpc) is 3.30. The minimum absolute atomic E-state index is 0.0557. The van der Waals surface area contributed by atoms with Gasteiger partial charge >= 0.3 is 0 Å². The molecular weight excluding hydrogens is 470 g/mol. The molecule has 1 aromatic heterocycles. The lowest BCUT2D eigenvalue weighted by Crippen LogP contribution is -2.21. The molecule has 0 aliphatic rings. The van der Waals surface area contributed by atoms with E-state index < -0.39 is 0 Å². The number of hydrazone groups is 1. The molecule has 1 heterocycles. The van der Waals surface area contributed by atoms with Crippen LogP contribution in [0.15, 0.2) is 89.1 Å². The van der Waals surface area contributed by atoms with Crippen molar-refractivity contribution in [2.75, 3.05) is 5.75 Å². The van der Waals surface area contributed by atoms with Crippen molar-refractivity contribution in [3.05, 3.63) is 90.0 Å². The summed E-state index contributed by atoms with van der Waals surface area (Å²) in [5, 5.41) is 23.6. The number of carbonyl (C=O) groups excluding carboxylic acids is 1. The summed E-state index contributed by atoms with van der Waals surface area (Å²) in [6, 6.07) is 25.0. The summed E-state index contributed by atoms with van der Waals surface area (Å²) in [6.07, 6.45) is 0. The van der Waals surface area contributed by atoms with Gasteiger partial charge in [-0.1, -0.05) is 87.1 Å². The second kappa shape index (κ2) is 10.8. The van der Waals surface area contributed by atoms with Gasteiger partial charge in [0, 0.05) is 16.8 Å². The van der Waals surface area contributed by atoms with Crippen molar-refractivity contribution in [1.29, 1.82) is 0 Å². The largest absolute Gasteiger partial charge is 0.507 e. The van der Waals surface area contributed by atoms with E-state index >= 15 is 0 Å². The van der Waals surface area contributed by atoms with E-state index in [2.05, 4.69) is 65.8 Å². The molecule has 2 N–H and O–H groups in total. The SMILES string of the molecule is C/C(=N/NC(=O)CSc1nnc(-c2ccc(C(C)(C)C)cc2)n1-c1ccccc1)c1ccccc1O. The Balaban J connectivity index is 1.54. The van der Waals surface area contributed by atoms with Gasteiger partial charge in [-0.05, 0) is 42.2 Å². The Morgan fingerprint density at radius 3 is 2.31 bits per heavy atom. The molecule has 4 aromatic rings. The maximum absolute atomic E-state index is 12.5. The maximum Gasteiger partial charge on any atom is 0.250 e. The van der Waals surface area contributed by atoms with Crippen LogP contribution in [0, 0.1) is 0 Å². The first-order chi connectivity index (χ1) is 17.2. The van der Waals surface area contributed by atoms with Crippen molar-refractivity contribution in [1.82, 2.24) is 20.2 Å². The van der Waals surface area contributed by atoms with Crippen molar-refractivity contribution >= 4 is 23.4 Å². The maximum atomic E-state index is 12.5. The van der Waals surface area contributed by atoms with E-state index in [-0.39, 0.29) is 22.8 Å². The molecule has 3 aromatic carbocycles. The van der Waals surface area contributed by atoms with Crippen LogP contribution in [0.4, 0.5) is 0 Å². The van der Waals surface area contributed by atoms with Crippen molar-refractivity contribution in [3.8, 4) is 22.8 Å². The van der Waals surface area contributed by atoms with Crippen LogP contribution in [-0.2, 0) is 10.2 Å². The monoisotopic (exact) mass is 499 g/mol. The van der Waals surface area contributed by atoms with Gasteiger partial charge < -0.3 is 5.11 Å². The van der Waals surface area contributed by atoms with Gasteiger partial charge in [-0.2, -0.15) is 5.10 Å². The molecule has 1 amide bonds. The Kier molecular flexibility index (Phi) is 7.55. The summed E-state index contributed by atoms with van der Waals surface area (Å²) in [6.45, 7) is 8.28. The van der Waals surface area contributed by atoms with Gasteiger partial charge in [-0.3, -0.25) is 9.36 Å². The Bertz CT molecular complexity index is 1370. The highest BCUT2D eigenvalue weighted by Gasteiger charge is 2.19. The molecule has 0 radical (unpaired) electrons. The van der Waals surface area contributed by atoms with Gasteiger partial charge in [0.2, 0.25) is 0 Å². The molecular formula is C28H29N5O2S. The molecule has 4 rings (SSSR count). The minimum Gasteiger partial charge on any atom is -0.507 e. The zero-order valence-corrected chi connectivity index (χ0v) is 21.6. The summed E-state index contributed by atoms with van der Waals surface area (Å²) in [5.41, 5.74) is 6.78. The Morgan fingerprint density at radius 1 is 0.972 bits per heavy atom. The number of carbonyl (C=O) groups is 1. The van der Waals surface area contributed by atoms with Crippen LogP contribution in [0.3, 0.4) is 0 Å². The molecule has 8 heteroatoms. The van der Waals surface area contributed by atoms with Crippen LogP contribution in [0.2, 0.25) is 0 Å². The highest BCUT2D eigenvalue weighted by atomic mass is 32.2. The molecule has 0 saturated heterocycles. The summed E-state index contributed by atoms with van der Waals surface area (Å²) >= 11 is 1.28. The first kappa shape index (κ1) is 25.2. The van der Waals surface area contributed by atoms with Gasteiger partial charge in [0.15, 0.2) is 11.0 Å². The van der Waals surface area contributed by atoms with Crippen molar-refractivity contribution in [2.45, 2.75) is 38.3 Å². The number of phenolic OH excluding ortho intramolecular Hbond substituents is 1. The number of para-hydroxylation sites is 2. The van der Waals surface area contributed by atoms with Crippen LogP contribution in [0.25, 0.3) is 17.1 Å². The Morgan fingerprint density at radius 2 is 1.64 bits per heavy atom. The van der Waals surface area contributed by atoms with E-state index in [0.29, 0.717) is 22.3 Å². The van der Waals surface area contributed by atoms with E-state index in [4.69, 9.17) is 0 Å². The van der Waals surface area contributed by atoms with Crippen LogP contribution in [-0.4, -0.2) is 37.2 Å². The molecule has 0 bridgehead atoms. The lowest BCUT2D eigenvalue weighted by molar-refractivity contribution is -0.118. The molecule has 0 atom stereocenters. The van der Waals surface area contributed by atoms with Crippen LogP contribution < -0.4 is 5.43 Å². The van der Waals surface area contributed by atoms with Gasteiger partial charge in [0.05, 0.1) is 11.5 Å². The summed E-state index contributed by atoms with van der Waals surface area (Å²) < 4.78 is 1.96. The predicted octanol–water partition coefficient (Wildman–Crippen LogP) is 5.57. The number of aromatic nitrogens is 3. The molecule has 0 fully saturated rings. The number of nitrogens with one attached hydrogen (secondary N) is 1. The van der Waals surface area contributed by atoms with E-state index in [1.54, 1.807) is 31.2 Å². The van der Waals surface area contributed by atoms with Crippen molar-refractivity contribution in [3.63, 3.8) is 0 Å². The zero-order valence-electron chi connectivity index (χ0n) is 20.8. The number of nitrogens with zero attached hydrogens (tertiary/aromatic N) is 4. The fraction of sp³-hybridized carbons (Fsp3) is 0.214. The normalized spacial score (nSPS) is 11.9. The summed E-state index contributed by atoms with van der Waals surface area (Å²) in [5.74, 6) is 0.638. The number of hydrogen-bond donors (Lipinski definition) is 2. The molecule has 0 aliphatic heterocycles. The van der Waals surface area contributed by atoms with Crippen LogP contribution in [0.5, 0.6) is 5.75 Å². The quantitative estimate of drug-likeness (QED) is 0.197. The fourth-order valence-electron chi connectivity index (χ4n) is 3.63. The van der Waals surface area contributed by atoms with Gasteiger partial charge in [0.25, 0.3) is 5.91 Å². The molecule has 36 heavy (non-hydrogen) atoms. The molecule has 7 nitrogen and oxygen atoms in total. The predicted molar refractivity (Wildman–Crippen MR) is 145 cm³/mol. The zero-order chi connectivity index (χ0) is 25.7. The minimum atomic E-state index is -0.284. The highest BCUT2D eigenvalue weighted by Crippen LogP contribution is 2.30. The van der Waals surface area contributed by atoms with Gasteiger partial charge in [0.1, 0.15) is 5.75 Å². The van der Waals surface area contributed by atoms with Crippen molar-refractivity contribution < 1.29 is 9.90 Å². The molecule has 0 unspecified atom stereocenters. The van der Waals surface area contributed by atoms with Gasteiger partial charge in [-0.15, -0.1) is 10.2 Å². The Hall–Kier alpha value is -3.91. The second-order valence-corrected chi connectivity index (χ2v) is 10.3. The number of phenols is 1. The standard InChI is InChI=1S/C28H29N5O2S/c1-19(23-12-8-9-13-24(23)34)29-30-25(35)18-36-27-32-31-26(33(27)22-10-6-5-7-11-22)20-14-16-21(17-15-20)28(2,3)4/h5-17,34H,18H2,1-4H3,(H,30,35)/b29-19-. The van der Waals surface area contributed by atoms with E-state index in [9.17, 15) is 9.90 Å². The Labute approximate surface area is 215 Å². The van der Waals surface area contributed by atoms with Crippen LogP contribution >= 0.6 is 11.8 Å². The number of hydrogen-bond acceptors (Lipinski definition) is 6. The number of thioether (sulfide) groups is 1. The summed E-state index contributed by atoms with van der Waals surface area (Å²) in [4.78, 5) is 12.5. The highest BCUT2D eigenvalue weighted by molar-refractivity contribution is 7.99. The average molecular weight is 500 g/mol. The molecule has 0 saturated carbocycles. The number of rotatable bonds is 7. The van der Waals surface area contributed by atoms with E-state index in [0.717, 1.165) is 11.3 Å². The number of amides is 1. The third-order valence-corrected chi connectivity index (χ3v) is 6.56. The summed E-state index contributed by atoms with van der Waals surface area (Å²) in [7, 11) is 0. The third-order valence-electron chi connectivity index (χ3n) is 5.63. The molecule has 0 spiro atoms. The smallest absolute Gasteiger partial charge is 0.250 e.